The van der Waals surface area contributed by atoms with E-state index in [-0.39, 0.29) is 5.91 Å². The molecule has 0 atom stereocenters. The molecule has 0 radical (unpaired) electrons. The van der Waals surface area contributed by atoms with E-state index in [4.69, 9.17) is 0 Å². The van der Waals surface area contributed by atoms with E-state index in [2.05, 4.69) is 34.9 Å². The molecule has 9 nitrogen and oxygen atoms in total. The zero-order valence-corrected chi connectivity index (χ0v) is 16.8. The van der Waals surface area contributed by atoms with Gasteiger partial charge in [-0.05, 0) is 12.8 Å². The summed E-state index contributed by atoms with van der Waals surface area (Å²) in [6.45, 7) is 6.20. The number of hydrogen-bond acceptors (Lipinski definition) is 5. The second-order valence-electron chi connectivity index (χ2n) is 7.41. The molecule has 2 aliphatic heterocycles. The van der Waals surface area contributed by atoms with Crippen LogP contribution in [0.5, 0.6) is 0 Å². The summed E-state index contributed by atoms with van der Waals surface area (Å²) in [5.74, 6) is 3.19. The van der Waals surface area contributed by atoms with Crippen molar-refractivity contribution < 1.29 is 4.79 Å². The third-order valence-corrected chi connectivity index (χ3v) is 5.37. The van der Waals surface area contributed by atoms with Crippen LogP contribution in [0.4, 0.5) is 0 Å². The van der Waals surface area contributed by atoms with E-state index in [1.54, 1.807) is 4.90 Å². The maximum atomic E-state index is 11.8. The van der Waals surface area contributed by atoms with Crippen LogP contribution >= 0.6 is 0 Å². The smallest absolute Gasteiger partial charge is 0.223 e. The first kappa shape index (κ1) is 19.6. The fourth-order valence-corrected chi connectivity index (χ4v) is 3.65. The molecular formula is C18H32N8O. The molecule has 1 N–H and O–H groups in total. The van der Waals surface area contributed by atoms with Gasteiger partial charge in [0.15, 0.2) is 11.8 Å². The van der Waals surface area contributed by atoms with Gasteiger partial charge in [-0.2, -0.15) is 0 Å². The molecule has 150 valence electrons. The lowest BCUT2D eigenvalue weighted by Gasteiger charge is -2.36. The molecular weight excluding hydrogens is 344 g/mol. The molecule has 0 unspecified atom stereocenters. The van der Waals surface area contributed by atoms with E-state index in [1.807, 2.05) is 21.1 Å². The number of hydrogen-bond donors (Lipinski definition) is 1. The monoisotopic (exact) mass is 376 g/mol. The average molecular weight is 377 g/mol. The van der Waals surface area contributed by atoms with E-state index in [0.717, 1.165) is 63.3 Å². The molecule has 0 aliphatic carbocycles. The predicted molar refractivity (Wildman–Crippen MR) is 104 cm³/mol. The highest BCUT2D eigenvalue weighted by atomic mass is 16.2. The Morgan fingerprint density at radius 2 is 1.93 bits per heavy atom. The number of carbonyl (C=O) groups is 1. The topological polar surface area (TPSA) is 81.9 Å². The van der Waals surface area contributed by atoms with Crippen molar-refractivity contribution in [2.45, 2.75) is 38.8 Å². The van der Waals surface area contributed by atoms with Crippen molar-refractivity contribution in [2.75, 3.05) is 53.9 Å². The van der Waals surface area contributed by atoms with Crippen LogP contribution in [-0.2, 0) is 24.3 Å². The molecule has 27 heavy (non-hydrogen) atoms. The molecule has 9 heteroatoms. The van der Waals surface area contributed by atoms with E-state index < -0.39 is 0 Å². The first-order valence-electron chi connectivity index (χ1n) is 9.87. The number of nitrogens with one attached hydrogen (secondary N) is 1. The van der Waals surface area contributed by atoms with Gasteiger partial charge in [-0.25, -0.2) is 0 Å². The van der Waals surface area contributed by atoms with E-state index in [9.17, 15) is 4.79 Å². The number of nitrogens with zero attached hydrogens (tertiary/aromatic N) is 7. The van der Waals surface area contributed by atoms with Crippen LogP contribution in [0.1, 0.15) is 30.9 Å². The van der Waals surface area contributed by atoms with Crippen LogP contribution in [0.2, 0.25) is 0 Å². The fourth-order valence-electron chi connectivity index (χ4n) is 3.65. The highest BCUT2D eigenvalue weighted by Gasteiger charge is 2.21. The molecule has 1 saturated heterocycles. The van der Waals surface area contributed by atoms with Crippen LogP contribution in [0.25, 0.3) is 0 Å². The average Bonchev–Trinajstić information content (AvgIpc) is 3.10. The van der Waals surface area contributed by atoms with Crippen LogP contribution in [0.3, 0.4) is 0 Å². The Morgan fingerprint density at radius 3 is 2.63 bits per heavy atom. The van der Waals surface area contributed by atoms with Crippen LogP contribution < -0.4 is 5.32 Å². The third kappa shape index (κ3) is 4.97. The molecule has 0 bridgehead atoms. The molecule has 3 rings (SSSR count). The molecule has 0 aromatic carbocycles. The van der Waals surface area contributed by atoms with Gasteiger partial charge >= 0.3 is 0 Å². The summed E-state index contributed by atoms with van der Waals surface area (Å²) in [4.78, 5) is 22.5. The Balaban J connectivity index is 1.45. The Labute approximate surface area is 161 Å². The highest BCUT2D eigenvalue weighted by Crippen LogP contribution is 2.14. The van der Waals surface area contributed by atoms with Gasteiger partial charge < -0.3 is 19.7 Å². The number of piperazine rings is 1. The zero-order valence-electron chi connectivity index (χ0n) is 16.8. The third-order valence-electron chi connectivity index (χ3n) is 5.37. The Bertz CT molecular complexity index is 660. The minimum Gasteiger partial charge on any atom is -0.349 e. The summed E-state index contributed by atoms with van der Waals surface area (Å²) in [5.41, 5.74) is 0. The van der Waals surface area contributed by atoms with Crippen LogP contribution in [-0.4, -0.2) is 95.2 Å². The second-order valence-corrected chi connectivity index (χ2v) is 7.41. The van der Waals surface area contributed by atoms with Gasteiger partial charge in [0.05, 0.1) is 6.54 Å². The van der Waals surface area contributed by atoms with E-state index >= 15 is 0 Å². The number of aromatic nitrogens is 3. The van der Waals surface area contributed by atoms with Gasteiger partial charge in [0.25, 0.3) is 0 Å². The maximum absolute atomic E-state index is 11.8. The molecule has 1 aromatic heterocycles. The molecule has 1 fully saturated rings. The quantitative estimate of drug-likeness (QED) is 0.566. The van der Waals surface area contributed by atoms with Gasteiger partial charge in [-0.3, -0.25) is 14.7 Å². The molecule has 3 heterocycles. The van der Waals surface area contributed by atoms with Gasteiger partial charge in [0, 0.05) is 73.3 Å². The van der Waals surface area contributed by atoms with Crippen molar-refractivity contribution in [3.8, 4) is 0 Å². The Morgan fingerprint density at radius 1 is 1.15 bits per heavy atom. The van der Waals surface area contributed by atoms with Gasteiger partial charge in [0.2, 0.25) is 5.91 Å². The lowest BCUT2D eigenvalue weighted by Crippen LogP contribution is -2.52. The lowest BCUT2D eigenvalue weighted by molar-refractivity contribution is -0.129. The van der Waals surface area contributed by atoms with Crippen molar-refractivity contribution in [1.29, 1.82) is 0 Å². The minimum absolute atomic E-state index is 0.187. The van der Waals surface area contributed by atoms with Crippen molar-refractivity contribution >= 4 is 11.9 Å². The minimum atomic E-state index is 0.187. The Kier molecular flexibility index (Phi) is 6.65. The number of guanidine groups is 1. The van der Waals surface area contributed by atoms with Gasteiger partial charge in [0.1, 0.15) is 5.82 Å². The standard InChI is InChI=1S/C18H32N8O/c1-19-18(20-14-16-22-21-15-6-4-5-8-26(15)16)25-12-10-24(11-13-25)9-7-17(27)23(2)3/h4-14H2,1-3H3,(H,19,20). The number of carbonyl (C=O) groups excluding carboxylic acids is 1. The molecule has 1 aromatic rings. The summed E-state index contributed by atoms with van der Waals surface area (Å²) < 4.78 is 2.24. The highest BCUT2D eigenvalue weighted by molar-refractivity contribution is 5.80. The lowest BCUT2D eigenvalue weighted by atomic mass is 10.2. The largest absolute Gasteiger partial charge is 0.349 e. The number of rotatable bonds is 5. The number of aryl methyl sites for hydroxylation is 1. The summed E-state index contributed by atoms with van der Waals surface area (Å²) in [7, 11) is 5.44. The summed E-state index contributed by atoms with van der Waals surface area (Å²) in [5, 5.41) is 12.1. The maximum Gasteiger partial charge on any atom is 0.223 e. The van der Waals surface area contributed by atoms with Gasteiger partial charge in [-0.1, -0.05) is 0 Å². The normalized spacial score (nSPS) is 18.3. The zero-order chi connectivity index (χ0) is 19.2. The van der Waals surface area contributed by atoms with Crippen LogP contribution in [0.15, 0.2) is 4.99 Å². The number of aliphatic imine (C=N–C) groups is 1. The summed E-state index contributed by atoms with van der Waals surface area (Å²) in [6, 6.07) is 0. The first-order valence-corrected chi connectivity index (χ1v) is 9.87. The van der Waals surface area contributed by atoms with E-state index in [1.165, 1.54) is 12.8 Å². The SMILES string of the molecule is CN=C(NCc1nnc2n1CCCC2)N1CCN(CCC(=O)N(C)C)CC1. The van der Waals surface area contributed by atoms with Crippen molar-refractivity contribution in [2.24, 2.45) is 4.99 Å². The van der Waals surface area contributed by atoms with E-state index in [0.29, 0.717) is 13.0 Å². The summed E-state index contributed by atoms with van der Waals surface area (Å²) >= 11 is 0. The Hall–Kier alpha value is -2.16. The molecule has 0 spiro atoms. The van der Waals surface area contributed by atoms with Crippen LogP contribution in [0, 0.1) is 0 Å². The molecule has 2 aliphatic rings. The fraction of sp³-hybridized carbons (Fsp3) is 0.778. The second kappa shape index (κ2) is 9.16. The number of fused-ring (bicyclic) bond motifs is 1. The number of amides is 1. The van der Waals surface area contributed by atoms with Crippen molar-refractivity contribution in [3.63, 3.8) is 0 Å². The van der Waals surface area contributed by atoms with Crippen molar-refractivity contribution in [1.82, 2.24) is 34.8 Å². The van der Waals surface area contributed by atoms with Gasteiger partial charge in [-0.15, -0.1) is 10.2 Å². The molecule has 0 saturated carbocycles. The molecule has 1 amide bonds. The first-order chi connectivity index (χ1) is 13.1. The summed E-state index contributed by atoms with van der Waals surface area (Å²) in [6.07, 6.45) is 4.01. The predicted octanol–water partition coefficient (Wildman–Crippen LogP) is -0.214. The van der Waals surface area contributed by atoms with Crippen molar-refractivity contribution in [3.05, 3.63) is 11.6 Å².